The average molecular weight is 823 g/mol. The summed E-state index contributed by atoms with van der Waals surface area (Å²) in [5.74, 6) is -0.989. The molecule has 0 saturated carbocycles. The molecule has 0 heterocycles. The highest BCUT2D eigenvalue weighted by molar-refractivity contribution is 5.71. The fourth-order valence-electron chi connectivity index (χ4n) is 6.57. The SMILES string of the molecule is CC/C=C\C/C=C\CCCCCCCCCC(=O)OCC(COC(=O)CC/C=C\C/C=C\CCCCCCCC)OC(=O)CCCCCCCCC/C=C\C/C=C\CC. The Morgan fingerprint density at radius 3 is 1.12 bits per heavy atom. The Morgan fingerprint density at radius 1 is 0.356 bits per heavy atom. The molecule has 1 unspecified atom stereocenters. The van der Waals surface area contributed by atoms with E-state index in [2.05, 4.69) is 87.6 Å². The number of hydrogen-bond acceptors (Lipinski definition) is 6. The molecule has 0 radical (unpaired) electrons. The summed E-state index contributed by atoms with van der Waals surface area (Å²) in [6.45, 7) is 6.34. The van der Waals surface area contributed by atoms with E-state index in [0.29, 0.717) is 19.3 Å². The molecule has 0 aliphatic carbocycles. The summed E-state index contributed by atoms with van der Waals surface area (Å²) in [4.78, 5) is 37.8. The lowest BCUT2D eigenvalue weighted by atomic mass is 10.1. The number of rotatable bonds is 43. The number of hydrogen-bond donors (Lipinski definition) is 0. The quantitative estimate of drug-likeness (QED) is 0.0264. The van der Waals surface area contributed by atoms with Crippen LogP contribution in [0.5, 0.6) is 0 Å². The summed E-state index contributed by atoms with van der Waals surface area (Å²) < 4.78 is 16.7. The minimum atomic E-state index is -0.804. The molecule has 6 nitrogen and oxygen atoms in total. The minimum absolute atomic E-state index is 0.100. The molecule has 0 rings (SSSR count). The third-order valence-electron chi connectivity index (χ3n) is 10.2. The van der Waals surface area contributed by atoms with Gasteiger partial charge in [-0.1, -0.05) is 190 Å². The smallest absolute Gasteiger partial charge is 0.306 e. The first-order valence-corrected chi connectivity index (χ1v) is 24.4. The number of ether oxygens (including phenoxy) is 3. The van der Waals surface area contributed by atoms with E-state index in [9.17, 15) is 14.4 Å². The van der Waals surface area contributed by atoms with Crippen LogP contribution in [0.25, 0.3) is 0 Å². The van der Waals surface area contributed by atoms with Gasteiger partial charge in [-0.3, -0.25) is 14.4 Å². The first kappa shape index (κ1) is 55.9. The molecule has 0 spiro atoms. The number of unbranched alkanes of at least 4 members (excludes halogenated alkanes) is 20. The summed E-state index contributed by atoms with van der Waals surface area (Å²) in [6, 6.07) is 0. The molecule has 0 aromatic heterocycles. The fraction of sp³-hybridized carbons (Fsp3) is 0.717. The molecule has 1 atom stereocenters. The highest BCUT2D eigenvalue weighted by atomic mass is 16.6. The molecule has 0 saturated heterocycles. The van der Waals surface area contributed by atoms with Gasteiger partial charge in [0.2, 0.25) is 0 Å². The van der Waals surface area contributed by atoms with Crippen LogP contribution in [0.1, 0.15) is 226 Å². The largest absolute Gasteiger partial charge is 0.462 e. The Bertz CT molecular complexity index is 1130. The second kappa shape index (κ2) is 47.5. The third-order valence-corrected chi connectivity index (χ3v) is 10.2. The highest BCUT2D eigenvalue weighted by Gasteiger charge is 2.19. The van der Waals surface area contributed by atoms with Gasteiger partial charge in [-0.25, -0.2) is 0 Å². The lowest BCUT2D eigenvalue weighted by molar-refractivity contribution is -0.166. The average Bonchev–Trinajstić information content (AvgIpc) is 3.23. The zero-order chi connectivity index (χ0) is 43.0. The molecule has 0 amide bonds. The van der Waals surface area contributed by atoms with Crippen molar-refractivity contribution in [2.75, 3.05) is 13.2 Å². The Labute approximate surface area is 363 Å². The van der Waals surface area contributed by atoms with Gasteiger partial charge in [0.05, 0.1) is 0 Å². The van der Waals surface area contributed by atoms with E-state index in [0.717, 1.165) is 89.9 Å². The maximum atomic E-state index is 12.8. The van der Waals surface area contributed by atoms with E-state index < -0.39 is 6.10 Å². The van der Waals surface area contributed by atoms with E-state index in [4.69, 9.17) is 14.2 Å². The zero-order valence-corrected chi connectivity index (χ0v) is 38.5. The molecular weight excluding hydrogens is 733 g/mol. The Morgan fingerprint density at radius 2 is 0.695 bits per heavy atom. The maximum Gasteiger partial charge on any atom is 0.306 e. The van der Waals surface area contributed by atoms with Crippen LogP contribution in [0.15, 0.2) is 72.9 Å². The molecule has 6 heteroatoms. The topological polar surface area (TPSA) is 78.9 Å². The van der Waals surface area contributed by atoms with Crippen molar-refractivity contribution in [2.24, 2.45) is 0 Å². The first-order chi connectivity index (χ1) is 29.0. The number of esters is 3. The van der Waals surface area contributed by atoms with Gasteiger partial charge in [0.25, 0.3) is 0 Å². The van der Waals surface area contributed by atoms with Crippen molar-refractivity contribution < 1.29 is 28.6 Å². The van der Waals surface area contributed by atoms with Crippen LogP contribution in [0, 0.1) is 0 Å². The third kappa shape index (κ3) is 45.8. The van der Waals surface area contributed by atoms with Crippen LogP contribution in [0.4, 0.5) is 0 Å². The maximum absolute atomic E-state index is 12.8. The second-order valence-corrected chi connectivity index (χ2v) is 16.0. The highest BCUT2D eigenvalue weighted by Crippen LogP contribution is 2.14. The summed E-state index contributed by atoms with van der Waals surface area (Å²) in [5, 5.41) is 0. The van der Waals surface area contributed by atoms with Gasteiger partial charge in [0.1, 0.15) is 13.2 Å². The minimum Gasteiger partial charge on any atom is -0.462 e. The predicted molar refractivity (Wildman–Crippen MR) is 251 cm³/mol. The van der Waals surface area contributed by atoms with Crippen molar-refractivity contribution in [2.45, 2.75) is 232 Å². The van der Waals surface area contributed by atoms with Crippen LogP contribution in [-0.2, 0) is 28.6 Å². The van der Waals surface area contributed by atoms with Crippen molar-refractivity contribution in [3.63, 3.8) is 0 Å². The van der Waals surface area contributed by atoms with Gasteiger partial charge >= 0.3 is 17.9 Å². The molecule has 0 fully saturated rings. The van der Waals surface area contributed by atoms with Gasteiger partial charge in [-0.15, -0.1) is 0 Å². The van der Waals surface area contributed by atoms with Crippen LogP contribution in [0.3, 0.4) is 0 Å². The molecule has 0 aliphatic heterocycles. The molecule has 0 aliphatic rings. The van der Waals surface area contributed by atoms with Crippen molar-refractivity contribution in [1.29, 1.82) is 0 Å². The van der Waals surface area contributed by atoms with Gasteiger partial charge in [0, 0.05) is 19.3 Å². The van der Waals surface area contributed by atoms with E-state index in [1.807, 2.05) is 6.08 Å². The van der Waals surface area contributed by atoms with E-state index in [-0.39, 0.29) is 37.5 Å². The van der Waals surface area contributed by atoms with Crippen molar-refractivity contribution in [1.82, 2.24) is 0 Å². The normalized spacial score (nSPS) is 12.7. The molecule has 338 valence electrons. The Balaban J connectivity index is 4.47. The second-order valence-electron chi connectivity index (χ2n) is 16.0. The van der Waals surface area contributed by atoms with Gasteiger partial charge in [0.15, 0.2) is 6.10 Å². The Hall–Kier alpha value is -3.15. The fourth-order valence-corrected chi connectivity index (χ4v) is 6.57. The monoisotopic (exact) mass is 823 g/mol. The first-order valence-electron chi connectivity index (χ1n) is 24.4. The molecule has 0 aromatic rings. The van der Waals surface area contributed by atoms with Crippen molar-refractivity contribution >= 4 is 17.9 Å². The van der Waals surface area contributed by atoms with E-state index in [1.54, 1.807) is 0 Å². The number of carbonyl (C=O) groups is 3. The summed E-state index contributed by atoms with van der Waals surface area (Å²) >= 11 is 0. The van der Waals surface area contributed by atoms with Crippen molar-refractivity contribution in [3.8, 4) is 0 Å². The van der Waals surface area contributed by atoms with E-state index in [1.165, 1.54) is 89.9 Å². The predicted octanol–water partition coefficient (Wildman–Crippen LogP) is 15.9. The van der Waals surface area contributed by atoms with Gasteiger partial charge < -0.3 is 14.2 Å². The summed E-state index contributed by atoms with van der Waals surface area (Å²) in [5.41, 5.74) is 0. The van der Waals surface area contributed by atoms with E-state index >= 15 is 0 Å². The van der Waals surface area contributed by atoms with Gasteiger partial charge in [-0.05, 0) is 89.9 Å². The lowest BCUT2D eigenvalue weighted by Crippen LogP contribution is -2.30. The number of allylic oxidation sites excluding steroid dienone is 12. The number of carbonyl (C=O) groups excluding carboxylic acids is 3. The zero-order valence-electron chi connectivity index (χ0n) is 38.5. The molecule has 0 bridgehead atoms. The Kier molecular flexibility index (Phi) is 45.0. The van der Waals surface area contributed by atoms with Crippen LogP contribution in [0.2, 0.25) is 0 Å². The lowest BCUT2D eigenvalue weighted by Gasteiger charge is -2.18. The van der Waals surface area contributed by atoms with Crippen LogP contribution in [-0.4, -0.2) is 37.2 Å². The molecular formula is C53H90O6. The standard InChI is InChI=1S/C53H90O6/c1-4-7-10-13-16-19-22-25-28-31-34-37-40-43-46-52(55)58-49-50(48-57-51(54)45-42-39-36-33-30-27-24-21-18-15-12-9-6-3)59-53(56)47-44-41-38-35-32-29-26-23-20-17-14-11-8-5-2/h7-8,10-11,16-17,19-20,27,30,36,39,50H,4-6,9,12-15,18,21-26,28-29,31-35,37-38,40-49H2,1-3H3/b10-7-,11-8-,19-16-,20-17-,30-27-,39-36-. The van der Waals surface area contributed by atoms with Crippen LogP contribution >= 0.6 is 0 Å². The van der Waals surface area contributed by atoms with Crippen LogP contribution < -0.4 is 0 Å². The molecule has 0 aromatic carbocycles. The van der Waals surface area contributed by atoms with Gasteiger partial charge in [-0.2, -0.15) is 0 Å². The van der Waals surface area contributed by atoms with Crippen molar-refractivity contribution in [3.05, 3.63) is 72.9 Å². The molecule has 0 N–H and O–H groups in total. The summed E-state index contributed by atoms with van der Waals surface area (Å²) in [7, 11) is 0. The molecule has 59 heavy (non-hydrogen) atoms. The summed E-state index contributed by atoms with van der Waals surface area (Å²) in [6.07, 6.45) is 59.0.